The Bertz CT molecular complexity index is 974. The molecule has 0 bridgehead atoms. The van der Waals surface area contributed by atoms with Gasteiger partial charge in [-0.05, 0) is 54.3 Å². The number of alkyl halides is 2. The first-order valence-electron chi connectivity index (χ1n) is 9.38. The quantitative estimate of drug-likeness (QED) is 0.494. The third-order valence-corrected chi connectivity index (χ3v) is 5.10. The summed E-state index contributed by atoms with van der Waals surface area (Å²) in [5, 5.41) is 0. The van der Waals surface area contributed by atoms with Crippen LogP contribution in [0.25, 0.3) is 5.57 Å². The van der Waals surface area contributed by atoms with E-state index in [4.69, 9.17) is 14.2 Å². The molecule has 0 aliphatic carbocycles. The van der Waals surface area contributed by atoms with Gasteiger partial charge in [-0.2, -0.15) is 8.78 Å². The van der Waals surface area contributed by atoms with Crippen LogP contribution in [0, 0.1) is 0 Å². The summed E-state index contributed by atoms with van der Waals surface area (Å²) >= 11 is 0. The van der Waals surface area contributed by atoms with Gasteiger partial charge >= 0.3 is 6.11 Å². The maximum atomic E-state index is 15.3. The molecular weight excluding hydrogens is 393 g/mol. The largest absolute Gasteiger partial charge is 0.497 e. The van der Waals surface area contributed by atoms with Gasteiger partial charge in [0.15, 0.2) is 11.6 Å². The molecule has 1 unspecified atom stereocenters. The number of methoxy groups -OCH3 is 2. The Labute approximate surface area is 174 Å². The molecule has 158 valence electrons. The van der Waals surface area contributed by atoms with Crippen molar-refractivity contribution >= 4 is 5.57 Å². The Hall–Kier alpha value is -3.15. The zero-order valence-electron chi connectivity index (χ0n) is 17.0. The standard InChI is InChI=1S/C24H23F3O3/c1-5-20(16-6-10-18(28-3)11-7-16)22(25)23-15(2)14-21(24(26,27)30-23)17-8-12-19(29-4)13-9-17/h5-13,21H,1,14H2,2-4H3/b22-20-. The van der Waals surface area contributed by atoms with Crippen molar-refractivity contribution in [2.75, 3.05) is 14.2 Å². The highest BCUT2D eigenvalue weighted by atomic mass is 19.3. The average molecular weight is 416 g/mol. The van der Waals surface area contributed by atoms with Crippen LogP contribution in [0.4, 0.5) is 13.2 Å². The first-order chi connectivity index (χ1) is 14.3. The second-order valence-corrected chi connectivity index (χ2v) is 6.96. The Balaban J connectivity index is 1.98. The van der Waals surface area contributed by atoms with Gasteiger partial charge in [0, 0.05) is 5.57 Å². The maximum absolute atomic E-state index is 15.3. The van der Waals surface area contributed by atoms with Crippen LogP contribution in [0.2, 0.25) is 0 Å². The average Bonchev–Trinajstić information content (AvgIpc) is 2.76. The lowest BCUT2D eigenvalue weighted by Crippen LogP contribution is -2.34. The zero-order chi connectivity index (χ0) is 21.9. The Kier molecular flexibility index (Phi) is 6.25. The topological polar surface area (TPSA) is 27.7 Å². The number of hydrogen-bond donors (Lipinski definition) is 0. The molecule has 30 heavy (non-hydrogen) atoms. The van der Waals surface area contributed by atoms with Gasteiger partial charge in [-0.25, -0.2) is 4.39 Å². The molecule has 3 nitrogen and oxygen atoms in total. The summed E-state index contributed by atoms with van der Waals surface area (Å²) in [6.45, 7) is 5.22. The monoisotopic (exact) mass is 416 g/mol. The number of benzene rings is 2. The summed E-state index contributed by atoms with van der Waals surface area (Å²) in [7, 11) is 3.02. The van der Waals surface area contributed by atoms with Gasteiger partial charge in [0.25, 0.3) is 0 Å². The summed E-state index contributed by atoms with van der Waals surface area (Å²) in [5.74, 6) is -1.39. The van der Waals surface area contributed by atoms with E-state index in [9.17, 15) is 8.78 Å². The molecule has 3 rings (SSSR count). The Morgan fingerprint density at radius 1 is 1.03 bits per heavy atom. The lowest BCUT2D eigenvalue weighted by Gasteiger charge is -2.34. The fraction of sp³-hybridized carbons (Fsp3) is 0.250. The molecule has 0 spiro atoms. The third-order valence-electron chi connectivity index (χ3n) is 5.10. The molecule has 0 aromatic heterocycles. The van der Waals surface area contributed by atoms with Crippen molar-refractivity contribution in [1.29, 1.82) is 0 Å². The molecule has 1 heterocycles. The van der Waals surface area contributed by atoms with Gasteiger partial charge in [-0.15, -0.1) is 0 Å². The molecule has 0 saturated carbocycles. The van der Waals surface area contributed by atoms with Gasteiger partial charge in [-0.3, -0.25) is 0 Å². The molecule has 0 N–H and O–H groups in total. The van der Waals surface area contributed by atoms with Crippen molar-refractivity contribution in [3.8, 4) is 11.5 Å². The predicted octanol–water partition coefficient (Wildman–Crippen LogP) is 6.64. The van der Waals surface area contributed by atoms with E-state index in [1.807, 2.05) is 0 Å². The zero-order valence-corrected chi connectivity index (χ0v) is 17.0. The Morgan fingerprint density at radius 3 is 2.07 bits per heavy atom. The highest BCUT2D eigenvalue weighted by molar-refractivity contribution is 5.77. The van der Waals surface area contributed by atoms with Crippen LogP contribution in [0.3, 0.4) is 0 Å². The summed E-state index contributed by atoms with van der Waals surface area (Å²) in [5.41, 5.74) is 1.34. The minimum atomic E-state index is -3.58. The van der Waals surface area contributed by atoms with E-state index in [-0.39, 0.29) is 12.0 Å². The molecule has 2 aromatic rings. The summed E-state index contributed by atoms with van der Waals surface area (Å²) in [6.07, 6.45) is -2.34. The number of hydrogen-bond acceptors (Lipinski definition) is 3. The lowest BCUT2D eigenvalue weighted by molar-refractivity contribution is -0.237. The molecular formula is C24H23F3O3. The highest BCUT2D eigenvalue weighted by Gasteiger charge is 2.48. The first kappa shape index (κ1) is 21.6. The molecule has 2 aromatic carbocycles. The van der Waals surface area contributed by atoms with Crippen LogP contribution in [0.1, 0.15) is 30.4 Å². The normalized spacial score (nSPS) is 18.9. The molecule has 0 radical (unpaired) electrons. The van der Waals surface area contributed by atoms with E-state index in [0.29, 0.717) is 28.2 Å². The van der Waals surface area contributed by atoms with Crippen LogP contribution in [0.15, 0.2) is 78.3 Å². The maximum Gasteiger partial charge on any atom is 0.405 e. The van der Waals surface area contributed by atoms with Gasteiger partial charge in [-0.1, -0.05) is 36.9 Å². The van der Waals surface area contributed by atoms with Crippen LogP contribution in [-0.4, -0.2) is 20.3 Å². The number of halogens is 3. The molecule has 0 saturated heterocycles. The summed E-state index contributed by atoms with van der Waals surface area (Å²) < 4.78 is 60.1. The lowest BCUT2D eigenvalue weighted by atomic mass is 9.88. The van der Waals surface area contributed by atoms with Crippen molar-refractivity contribution in [2.45, 2.75) is 25.4 Å². The van der Waals surface area contributed by atoms with E-state index < -0.39 is 23.6 Å². The van der Waals surface area contributed by atoms with Crippen LogP contribution < -0.4 is 9.47 Å². The molecule has 6 heteroatoms. The van der Waals surface area contributed by atoms with Crippen LogP contribution in [0.5, 0.6) is 11.5 Å². The number of rotatable bonds is 6. The van der Waals surface area contributed by atoms with E-state index in [1.165, 1.54) is 20.3 Å². The van der Waals surface area contributed by atoms with E-state index in [1.54, 1.807) is 55.5 Å². The Morgan fingerprint density at radius 2 is 1.57 bits per heavy atom. The fourth-order valence-corrected chi connectivity index (χ4v) is 3.42. The van der Waals surface area contributed by atoms with Crippen molar-refractivity contribution in [2.24, 2.45) is 0 Å². The van der Waals surface area contributed by atoms with Crippen molar-refractivity contribution in [3.05, 3.63) is 89.5 Å². The van der Waals surface area contributed by atoms with Crippen molar-refractivity contribution in [1.82, 2.24) is 0 Å². The number of ether oxygens (including phenoxy) is 3. The molecule has 0 fully saturated rings. The second-order valence-electron chi connectivity index (χ2n) is 6.96. The van der Waals surface area contributed by atoms with E-state index >= 15 is 4.39 Å². The smallest absolute Gasteiger partial charge is 0.405 e. The second kappa shape index (κ2) is 8.69. The summed E-state index contributed by atoms with van der Waals surface area (Å²) in [6, 6.07) is 12.9. The van der Waals surface area contributed by atoms with Gasteiger partial charge in [0.05, 0.1) is 20.1 Å². The van der Waals surface area contributed by atoms with E-state index in [0.717, 1.165) is 0 Å². The molecule has 1 aliphatic heterocycles. The highest BCUT2D eigenvalue weighted by Crippen LogP contribution is 2.47. The molecule has 0 amide bonds. The minimum absolute atomic E-state index is 0.0465. The molecule has 1 aliphatic rings. The van der Waals surface area contributed by atoms with Crippen molar-refractivity contribution in [3.63, 3.8) is 0 Å². The third kappa shape index (κ3) is 4.22. The first-order valence-corrected chi connectivity index (χ1v) is 9.38. The molecule has 1 atom stereocenters. The van der Waals surface area contributed by atoms with Gasteiger partial charge < -0.3 is 14.2 Å². The summed E-state index contributed by atoms with van der Waals surface area (Å²) in [4.78, 5) is 0. The van der Waals surface area contributed by atoms with Crippen LogP contribution in [-0.2, 0) is 4.74 Å². The van der Waals surface area contributed by atoms with Gasteiger partial charge in [0.1, 0.15) is 11.5 Å². The van der Waals surface area contributed by atoms with E-state index in [2.05, 4.69) is 6.58 Å². The predicted molar refractivity (Wildman–Crippen MR) is 110 cm³/mol. The van der Waals surface area contributed by atoms with Crippen LogP contribution >= 0.6 is 0 Å². The van der Waals surface area contributed by atoms with Gasteiger partial charge in [0.2, 0.25) is 0 Å². The van der Waals surface area contributed by atoms with Crippen molar-refractivity contribution < 1.29 is 27.4 Å². The number of allylic oxidation sites excluding steroid dienone is 4. The SMILES string of the molecule is C=C/C(=C(/F)C1=C(C)CC(c2ccc(OC)cc2)C(F)(F)O1)c1ccc(OC)cc1. The fourth-order valence-electron chi connectivity index (χ4n) is 3.42. The minimum Gasteiger partial charge on any atom is -0.497 e.